The van der Waals surface area contributed by atoms with Crippen LogP contribution in [0.25, 0.3) is 0 Å². The second kappa shape index (κ2) is 11.5. The van der Waals surface area contributed by atoms with Crippen LogP contribution in [0.4, 0.5) is 5.95 Å². The van der Waals surface area contributed by atoms with Gasteiger partial charge in [0, 0.05) is 13.7 Å². The lowest BCUT2D eigenvalue weighted by Crippen LogP contribution is -2.43. The van der Waals surface area contributed by atoms with Crippen LogP contribution in [0.1, 0.15) is 11.1 Å². The molecule has 0 fully saturated rings. The van der Waals surface area contributed by atoms with E-state index in [0.29, 0.717) is 12.3 Å². The monoisotopic (exact) mass is 675 g/mol. The van der Waals surface area contributed by atoms with Crippen LogP contribution in [0.15, 0.2) is 57.0 Å². The molecule has 174 valence electrons. The quantitative estimate of drug-likeness (QED) is 0.135. The van der Waals surface area contributed by atoms with E-state index < -0.39 is 11.4 Å². The van der Waals surface area contributed by atoms with Crippen LogP contribution in [0.5, 0.6) is 5.75 Å². The van der Waals surface area contributed by atoms with Crippen molar-refractivity contribution in [3.8, 4) is 5.75 Å². The molecule has 0 bridgehead atoms. The third-order valence-corrected chi connectivity index (χ3v) is 7.53. The van der Waals surface area contributed by atoms with Crippen molar-refractivity contribution in [3.05, 3.63) is 81.7 Å². The van der Waals surface area contributed by atoms with Crippen molar-refractivity contribution in [2.75, 3.05) is 25.5 Å². The number of rotatable bonds is 9. The zero-order valence-electron chi connectivity index (χ0n) is 17.8. The largest absolute Gasteiger partial charge is 0.497 e. The summed E-state index contributed by atoms with van der Waals surface area (Å²) in [4.78, 5) is 34.2. The number of hydrogen-bond acceptors (Lipinski definition) is 6. The van der Waals surface area contributed by atoms with Crippen LogP contribution < -0.4 is 32.9 Å². The highest BCUT2D eigenvalue weighted by Gasteiger charge is 2.14. The number of nitrogens with zero attached hydrogens (tertiary/aromatic N) is 4. The van der Waals surface area contributed by atoms with Crippen LogP contribution in [0.3, 0.4) is 0 Å². The summed E-state index contributed by atoms with van der Waals surface area (Å²) in [5.41, 5.74) is 11.3. The van der Waals surface area contributed by atoms with Crippen molar-refractivity contribution in [2.45, 2.75) is 13.1 Å². The second-order valence-corrected chi connectivity index (χ2v) is 9.33. The van der Waals surface area contributed by atoms with Gasteiger partial charge in [-0.05, 0) is 80.6 Å². The predicted molar refractivity (Wildman–Crippen MR) is 145 cm³/mol. The SMILES string of the molecule is COc1ccc(Cn2c(NCCN=C(N)N)nc(=O)n(Cc3ccc(I)c(I)c3)c2=O)cc1. The number of nitrogens with one attached hydrogen (secondary N) is 1. The average molecular weight is 675 g/mol. The van der Waals surface area contributed by atoms with Crippen molar-refractivity contribution in [2.24, 2.45) is 16.5 Å². The minimum Gasteiger partial charge on any atom is -0.497 e. The summed E-state index contributed by atoms with van der Waals surface area (Å²) in [5.74, 6) is 0.820. The molecule has 12 heteroatoms. The third kappa shape index (κ3) is 6.69. The fourth-order valence-electron chi connectivity index (χ4n) is 3.03. The molecule has 5 N–H and O–H groups in total. The summed E-state index contributed by atoms with van der Waals surface area (Å²) in [6.07, 6.45) is 0. The standard InChI is InChI=1S/C21H23I2N7O3/c1-33-15-5-2-13(3-6-15)11-29-19(27-9-8-26-18(24)25)28-20(31)30(21(29)32)12-14-4-7-16(22)17(23)10-14/h2-7,10H,8-9,11-12H2,1H3,(H4,24,25,26)(H,27,28,31). The van der Waals surface area contributed by atoms with Gasteiger partial charge in [0.05, 0.1) is 26.7 Å². The number of aromatic nitrogens is 3. The Morgan fingerprint density at radius 1 is 1.03 bits per heavy atom. The average Bonchev–Trinajstić information content (AvgIpc) is 2.79. The molecule has 0 unspecified atom stereocenters. The molecule has 0 aliphatic carbocycles. The van der Waals surface area contributed by atoms with Crippen LogP contribution >= 0.6 is 45.2 Å². The van der Waals surface area contributed by atoms with E-state index in [1.165, 1.54) is 4.57 Å². The minimum absolute atomic E-state index is 0.0389. The van der Waals surface area contributed by atoms with Crippen molar-refractivity contribution >= 4 is 57.1 Å². The lowest BCUT2D eigenvalue weighted by atomic mass is 10.2. The Morgan fingerprint density at radius 3 is 2.33 bits per heavy atom. The number of methoxy groups -OCH3 is 1. The molecule has 3 aromatic rings. The highest BCUT2D eigenvalue weighted by molar-refractivity contribution is 14.1. The molecule has 1 aromatic heterocycles. The van der Waals surface area contributed by atoms with Gasteiger partial charge in [0.2, 0.25) is 5.95 Å². The lowest BCUT2D eigenvalue weighted by molar-refractivity contribution is 0.414. The Balaban J connectivity index is 1.99. The van der Waals surface area contributed by atoms with E-state index in [-0.39, 0.29) is 31.5 Å². The third-order valence-electron chi connectivity index (χ3n) is 4.66. The summed E-state index contributed by atoms with van der Waals surface area (Å²) < 4.78 is 9.89. The van der Waals surface area contributed by atoms with Gasteiger partial charge < -0.3 is 21.5 Å². The Hall–Kier alpha value is -2.62. The number of guanidine groups is 1. The van der Waals surface area contributed by atoms with Gasteiger partial charge in [0.15, 0.2) is 5.96 Å². The molecule has 3 rings (SSSR count). The van der Waals surface area contributed by atoms with Crippen LogP contribution in [0, 0.1) is 7.14 Å². The number of halogens is 2. The highest BCUT2D eigenvalue weighted by Crippen LogP contribution is 2.17. The smallest absolute Gasteiger partial charge is 0.355 e. The van der Waals surface area contributed by atoms with E-state index >= 15 is 0 Å². The second-order valence-electron chi connectivity index (χ2n) is 7.00. The zero-order chi connectivity index (χ0) is 24.0. The van der Waals surface area contributed by atoms with Crippen LogP contribution in [-0.4, -0.2) is 40.3 Å². The predicted octanol–water partition coefficient (Wildman–Crippen LogP) is 1.40. The molecule has 0 aliphatic rings. The van der Waals surface area contributed by atoms with Crippen LogP contribution in [-0.2, 0) is 13.1 Å². The first-order valence-corrected chi connectivity index (χ1v) is 12.0. The van der Waals surface area contributed by atoms with E-state index in [0.717, 1.165) is 22.8 Å². The fourth-order valence-corrected chi connectivity index (χ4v) is 3.94. The van der Waals surface area contributed by atoms with Crippen molar-refractivity contribution < 1.29 is 4.74 Å². The molecule has 0 saturated carbocycles. The highest BCUT2D eigenvalue weighted by atomic mass is 127. The van der Waals surface area contributed by atoms with Crippen molar-refractivity contribution in [1.29, 1.82) is 0 Å². The zero-order valence-corrected chi connectivity index (χ0v) is 22.1. The molecule has 2 aromatic carbocycles. The normalized spacial score (nSPS) is 10.6. The molecule has 1 heterocycles. The lowest BCUT2D eigenvalue weighted by Gasteiger charge is -2.16. The molecule has 33 heavy (non-hydrogen) atoms. The molecule has 0 saturated heterocycles. The maximum absolute atomic E-state index is 13.4. The van der Waals surface area contributed by atoms with Gasteiger partial charge in [0.1, 0.15) is 5.75 Å². The van der Waals surface area contributed by atoms with Crippen molar-refractivity contribution in [3.63, 3.8) is 0 Å². The van der Waals surface area contributed by atoms with E-state index in [1.54, 1.807) is 7.11 Å². The molecular weight excluding hydrogens is 652 g/mol. The summed E-state index contributed by atoms with van der Waals surface area (Å²) in [7, 11) is 1.59. The summed E-state index contributed by atoms with van der Waals surface area (Å²) in [6, 6.07) is 13.1. The molecule has 0 amide bonds. The summed E-state index contributed by atoms with van der Waals surface area (Å²) in [5, 5.41) is 2.99. The molecule has 0 atom stereocenters. The van der Waals surface area contributed by atoms with Gasteiger partial charge in [-0.25, -0.2) is 14.2 Å². The maximum atomic E-state index is 13.4. The molecule has 0 aliphatic heterocycles. The Labute approximate surface area is 217 Å². The van der Waals surface area contributed by atoms with Gasteiger partial charge in [-0.15, -0.1) is 0 Å². The molecule has 0 spiro atoms. The van der Waals surface area contributed by atoms with E-state index in [2.05, 4.69) is 60.5 Å². The van der Waals surface area contributed by atoms with Crippen LogP contribution in [0.2, 0.25) is 0 Å². The number of benzene rings is 2. The van der Waals surface area contributed by atoms with Gasteiger partial charge in [-0.1, -0.05) is 18.2 Å². The Kier molecular flexibility index (Phi) is 8.71. The number of nitrogens with two attached hydrogens (primary N) is 2. The fraction of sp³-hybridized carbons (Fsp3) is 0.238. The molecule has 10 nitrogen and oxygen atoms in total. The maximum Gasteiger partial charge on any atom is 0.355 e. The summed E-state index contributed by atoms with van der Waals surface area (Å²) >= 11 is 4.46. The first kappa shape index (κ1) is 25.0. The van der Waals surface area contributed by atoms with Gasteiger partial charge in [-0.2, -0.15) is 4.98 Å². The van der Waals surface area contributed by atoms with E-state index in [1.807, 2.05) is 42.5 Å². The number of aliphatic imine (C=N–C) groups is 1. The molecular formula is C21H23I2N7O3. The minimum atomic E-state index is -0.635. The first-order valence-electron chi connectivity index (χ1n) is 9.86. The first-order chi connectivity index (χ1) is 15.8. The Bertz CT molecular complexity index is 1270. The number of hydrogen-bond donors (Lipinski definition) is 3. The molecule has 0 radical (unpaired) electrons. The summed E-state index contributed by atoms with van der Waals surface area (Å²) in [6.45, 7) is 0.899. The van der Waals surface area contributed by atoms with Gasteiger partial charge >= 0.3 is 11.4 Å². The van der Waals surface area contributed by atoms with Gasteiger partial charge in [-0.3, -0.25) is 9.56 Å². The van der Waals surface area contributed by atoms with Crippen molar-refractivity contribution in [1.82, 2.24) is 14.1 Å². The number of anilines is 1. The van der Waals surface area contributed by atoms with E-state index in [9.17, 15) is 9.59 Å². The number of ether oxygens (including phenoxy) is 1. The Morgan fingerprint density at radius 2 is 1.70 bits per heavy atom. The van der Waals surface area contributed by atoms with Gasteiger partial charge in [0.25, 0.3) is 0 Å². The van der Waals surface area contributed by atoms with E-state index in [4.69, 9.17) is 16.2 Å². The topological polar surface area (TPSA) is 143 Å².